The maximum absolute atomic E-state index is 12.3. The second-order valence-corrected chi connectivity index (χ2v) is 4.30. The summed E-state index contributed by atoms with van der Waals surface area (Å²) in [5.41, 5.74) is 0. The van der Waals surface area contributed by atoms with Crippen LogP contribution in [0.2, 0.25) is 0 Å². The second kappa shape index (κ2) is 6.95. The standard InChI is InChI=1S/C11H15F3N4O3/c1-17-5-4-15-8(17)2-3-16-10(21)18(6-9(19)20)7-11(12,13)14/h4-5H,2-3,6-7H2,1H3,(H,16,21)(H,19,20). The Hall–Kier alpha value is -2.26. The highest BCUT2D eigenvalue weighted by atomic mass is 19.4. The molecule has 0 aliphatic rings. The van der Waals surface area contributed by atoms with E-state index < -0.39 is 31.3 Å². The van der Waals surface area contributed by atoms with E-state index in [-0.39, 0.29) is 11.4 Å². The molecule has 0 fully saturated rings. The lowest BCUT2D eigenvalue weighted by Crippen LogP contribution is -2.47. The molecule has 1 aromatic rings. The van der Waals surface area contributed by atoms with Crippen LogP contribution in [-0.4, -0.2) is 57.4 Å². The highest BCUT2D eigenvalue weighted by molar-refractivity contribution is 5.80. The number of nitrogens with zero attached hydrogens (tertiary/aromatic N) is 3. The Morgan fingerprint density at radius 3 is 2.62 bits per heavy atom. The van der Waals surface area contributed by atoms with E-state index in [1.165, 1.54) is 0 Å². The van der Waals surface area contributed by atoms with Gasteiger partial charge in [0.05, 0.1) is 0 Å². The summed E-state index contributed by atoms with van der Waals surface area (Å²) in [6.07, 6.45) is -1.09. The fourth-order valence-corrected chi connectivity index (χ4v) is 1.61. The van der Waals surface area contributed by atoms with E-state index in [0.29, 0.717) is 12.2 Å². The topological polar surface area (TPSA) is 87.5 Å². The van der Waals surface area contributed by atoms with Crippen molar-refractivity contribution in [2.75, 3.05) is 19.6 Å². The van der Waals surface area contributed by atoms with E-state index in [0.717, 1.165) is 0 Å². The maximum Gasteiger partial charge on any atom is 0.406 e. The van der Waals surface area contributed by atoms with Crippen LogP contribution in [0, 0.1) is 0 Å². The molecule has 0 atom stereocenters. The van der Waals surface area contributed by atoms with Gasteiger partial charge >= 0.3 is 18.2 Å². The fraction of sp³-hybridized carbons (Fsp3) is 0.545. The van der Waals surface area contributed by atoms with E-state index in [9.17, 15) is 22.8 Å². The van der Waals surface area contributed by atoms with Crippen LogP contribution in [-0.2, 0) is 18.3 Å². The molecular formula is C11H15F3N4O3. The van der Waals surface area contributed by atoms with Crippen LogP contribution in [0.15, 0.2) is 12.4 Å². The number of alkyl halides is 3. The number of carboxylic acids is 1. The van der Waals surface area contributed by atoms with Crippen molar-refractivity contribution in [2.45, 2.75) is 12.6 Å². The molecule has 0 aliphatic carbocycles. The zero-order valence-corrected chi connectivity index (χ0v) is 11.2. The third-order valence-corrected chi connectivity index (χ3v) is 2.53. The highest BCUT2D eigenvalue weighted by Crippen LogP contribution is 2.16. The zero-order chi connectivity index (χ0) is 16.0. The van der Waals surface area contributed by atoms with Crippen molar-refractivity contribution in [2.24, 2.45) is 7.05 Å². The number of hydrogen-bond acceptors (Lipinski definition) is 3. The van der Waals surface area contributed by atoms with Crippen LogP contribution in [0.4, 0.5) is 18.0 Å². The molecule has 2 N–H and O–H groups in total. The predicted molar refractivity (Wildman–Crippen MR) is 65.6 cm³/mol. The first-order chi connectivity index (χ1) is 9.69. The van der Waals surface area contributed by atoms with Crippen LogP contribution in [0.5, 0.6) is 0 Å². The van der Waals surface area contributed by atoms with Gasteiger partial charge in [-0.15, -0.1) is 0 Å². The van der Waals surface area contributed by atoms with Crippen molar-refractivity contribution in [1.29, 1.82) is 0 Å². The van der Waals surface area contributed by atoms with Crippen LogP contribution < -0.4 is 5.32 Å². The Kier molecular flexibility index (Phi) is 5.56. The van der Waals surface area contributed by atoms with Gasteiger partial charge in [-0.2, -0.15) is 13.2 Å². The number of aromatic nitrogens is 2. The summed E-state index contributed by atoms with van der Waals surface area (Å²) in [5, 5.41) is 10.8. The number of rotatable bonds is 6. The lowest BCUT2D eigenvalue weighted by molar-refractivity contribution is -0.148. The van der Waals surface area contributed by atoms with Gasteiger partial charge in [-0.05, 0) is 0 Å². The van der Waals surface area contributed by atoms with E-state index in [2.05, 4.69) is 10.3 Å². The zero-order valence-electron chi connectivity index (χ0n) is 11.2. The molecule has 0 saturated heterocycles. The van der Waals surface area contributed by atoms with Gasteiger partial charge in [0.15, 0.2) is 0 Å². The van der Waals surface area contributed by atoms with Gasteiger partial charge in [0.2, 0.25) is 0 Å². The van der Waals surface area contributed by atoms with Gasteiger partial charge in [0.25, 0.3) is 0 Å². The summed E-state index contributed by atoms with van der Waals surface area (Å²) in [4.78, 5) is 26.3. The number of urea groups is 1. The first-order valence-electron chi connectivity index (χ1n) is 5.96. The molecule has 1 aromatic heterocycles. The SMILES string of the molecule is Cn1ccnc1CCNC(=O)N(CC(=O)O)CC(F)(F)F. The molecule has 118 valence electrons. The minimum absolute atomic E-state index is 0.0532. The molecule has 21 heavy (non-hydrogen) atoms. The first kappa shape index (κ1) is 16.8. The van der Waals surface area contributed by atoms with Crippen molar-refractivity contribution in [1.82, 2.24) is 19.8 Å². The van der Waals surface area contributed by atoms with E-state index in [1.807, 2.05) is 0 Å². The summed E-state index contributed by atoms with van der Waals surface area (Å²) in [7, 11) is 1.74. The van der Waals surface area contributed by atoms with Crippen LogP contribution in [0.25, 0.3) is 0 Å². The normalized spacial score (nSPS) is 11.2. The van der Waals surface area contributed by atoms with Gasteiger partial charge in [0, 0.05) is 32.4 Å². The second-order valence-electron chi connectivity index (χ2n) is 4.30. The number of aryl methyl sites for hydroxylation is 1. The molecular weight excluding hydrogens is 293 g/mol. The Labute approximate surface area is 118 Å². The van der Waals surface area contributed by atoms with Gasteiger partial charge < -0.3 is 19.9 Å². The third-order valence-electron chi connectivity index (χ3n) is 2.53. The molecule has 0 aliphatic heterocycles. The van der Waals surface area contributed by atoms with E-state index in [4.69, 9.17) is 5.11 Å². The van der Waals surface area contributed by atoms with E-state index >= 15 is 0 Å². The number of carbonyl (C=O) groups is 2. The van der Waals surface area contributed by atoms with Crippen molar-refractivity contribution in [3.05, 3.63) is 18.2 Å². The average molecular weight is 308 g/mol. The number of hydrogen-bond donors (Lipinski definition) is 2. The van der Waals surface area contributed by atoms with Gasteiger partial charge in [0.1, 0.15) is 18.9 Å². The lowest BCUT2D eigenvalue weighted by atomic mass is 10.4. The van der Waals surface area contributed by atoms with Crippen molar-refractivity contribution < 1.29 is 27.9 Å². The average Bonchev–Trinajstić information content (AvgIpc) is 2.72. The molecule has 1 rings (SSSR count). The molecule has 1 heterocycles. The molecule has 0 radical (unpaired) electrons. The number of halogens is 3. The number of nitrogens with one attached hydrogen (secondary N) is 1. The minimum atomic E-state index is -4.66. The number of aliphatic carboxylic acids is 1. The third kappa shape index (κ3) is 6.15. The summed E-state index contributed by atoms with van der Waals surface area (Å²) in [6, 6.07) is -1.08. The Balaban J connectivity index is 2.52. The smallest absolute Gasteiger partial charge is 0.406 e. The quantitative estimate of drug-likeness (QED) is 0.806. The van der Waals surface area contributed by atoms with E-state index in [1.54, 1.807) is 24.0 Å². The molecule has 0 unspecified atom stereocenters. The minimum Gasteiger partial charge on any atom is -0.480 e. The molecule has 0 bridgehead atoms. The Morgan fingerprint density at radius 2 is 2.14 bits per heavy atom. The van der Waals surface area contributed by atoms with Crippen LogP contribution >= 0.6 is 0 Å². The number of carbonyl (C=O) groups excluding carboxylic acids is 1. The van der Waals surface area contributed by atoms with Crippen molar-refractivity contribution in [3.8, 4) is 0 Å². The number of carboxylic acid groups (broad SMARTS) is 1. The van der Waals surface area contributed by atoms with Crippen molar-refractivity contribution >= 4 is 12.0 Å². The van der Waals surface area contributed by atoms with Gasteiger partial charge in [-0.1, -0.05) is 0 Å². The summed E-state index contributed by atoms with van der Waals surface area (Å²) < 4.78 is 38.6. The predicted octanol–water partition coefficient (Wildman–Crippen LogP) is 0.621. The lowest BCUT2D eigenvalue weighted by Gasteiger charge is -2.22. The summed E-state index contributed by atoms with van der Waals surface area (Å²) >= 11 is 0. The molecule has 10 heteroatoms. The maximum atomic E-state index is 12.3. The Bertz CT molecular complexity index is 501. The van der Waals surface area contributed by atoms with Gasteiger partial charge in [-0.3, -0.25) is 4.79 Å². The largest absolute Gasteiger partial charge is 0.480 e. The Morgan fingerprint density at radius 1 is 1.48 bits per heavy atom. The van der Waals surface area contributed by atoms with Crippen molar-refractivity contribution in [3.63, 3.8) is 0 Å². The first-order valence-corrected chi connectivity index (χ1v) is 5.96. The fourth-order valence-electron chi connectivity index (χ4n) is 1.61. The molecule has 2 amide bonds. The molecule has 0 saturated carbocycles. The highest BCUT2D eigenvalue weighted by Gasteiger charge is 2.33. The number of imidazole rings is 1. The summed E-state index contributed by atoms with van der Waals surface area (Å²) in [6.45, 7) is -2.58. The van der Waals surface area contributed by atoms with Gasteiger partial charge in [-0.25, -0.2) is 9.78 Å². The molecule has 0 spiro atoms. The number of amides is 2. The van der Waals surface area contributed by atoms with Crippen LogP contribution in [0.3, 0.4) is 0 Å². The summed E-state index contributed by atoms with van der Waals surface area (Å²) in [5.74, 6) is -0.866. The monoisotopic (exact) mass is 308 g/mol. The molecule has 7 nitrogen and oxygen atoms in total. The molecule has 0 aromatic carbocycles. The van der Waals surface area contributed by atoms with Crippen LogP contribution in [0.1, 0.15) is 5.82 Å².